The second-order valence-corrected chi connectivity index (χ2v) is 12.6. The van der Waals surface area contributed by atoms with Gasteiger partial charge in [-0.3, -0.25) is 15.2 Å². The Bertz CT molecular complexity index is 1080. The number of carbonyl (C=O) groups is 1. The molecule has 0 aliphatic carbocycles. The molecule has 1 fully saturated rings. The highest BCUT2D eigenvalue weighted by molar-refractivity contribution is 8.59. The number of hydrogen-bond acceptors (Lipinski definition) is 7. The van der Waals surface area contributed by atoms with Crippen LogP contribution in [0, 0.1) is 0 Å². The maximum atomic E-state index is 13.2. The predicted octanol–water partition coefficient (Wildman–Crippen LogP) is 4.52. The number of rotatable bonds is 9. The Morgan fingerprint density at radius 2 is 1.46 bits per heavy atom. The summed E-state index contributed by atoms with van der Waals surface area (Å²) in [4.78, 5) is 23.9. The fourth-order valence-corrected chi connectivity index (χ4v) is 7.59. The molecule has 1 radical (unpaired) electrons. The first kappa shape index (κ1) is 25.5. The Kier molecular flexibility index (Phi) is 7.99. The van der Waals surface area contributed by atoms with Gasteiger partial charge in [-0.15, -0.1) is 0 Å². The van der Waals surface area contributed by atoms with E-state index in [1.165, 1.54) is 11.4 Å². The van der Waals surface area contributed by atoms with E-state index < -0.39 is 18.6 Å². The molecule has 9 heteroatoms. The Morgan fingerprint density at radius 1 is 0.943 bits per heavy atom. The molecule has 185 valence electrons. The van der Waals surface area contributed by atoms with Gasteiger partial charge in [-0.2, -0.15) is 0 Å². The van der Waals surface area contributed by atoms with E-state index in [0.29, 0.717) is 12.4 Å². The molecular formula is C26H30N2O5PS. The van der Waals surface area contributed by atoms with Crippen molar-refractivity contribution in [1.82, 2.24) is 10.4 Å². The summed E-state index contributed by atoms with van der Waals surface area (Å²) in [6.45, 7) is 2.20. The topological polar surface area (TPSA) is 89.1 Å². The third-order valence-corrected chi connectivity index (χ3v) is 9.87. The van der Waals surface area contributed by atoms with Gasteiger partial charge >= 0.3 is 0 Å². The molecule has 1 unspecified atom stereocenters. The molecule has 1 heterocycles. The van der Waals surface area contributed by atoms with E-state index in [2.05, 4.69) is 10.4 Å². The van der Waals surface area contributed by atoms with Gasteiger partial charge in [0.1, 0.15) is 11.5 Å². The van der Waals surface area contributed by atoms with Gasteiger partial charge in [0.2, 0.25) is 5.91 Å². The van der Waals surface area contributed by atoms with Crippen LogP contribution in [0.3, 0.4) is 0 Å². The van der Waals surface area contributed by atoms with Gasteiger partial charge in [0.25, 0.3) is 7.07 Å². The number of ether oxygens (including phenoxy) is 2. The highest BCUT2D eigenvalue weighted by atomic mass is 32.7. The monoisotopic (exact) mass is 513 g/mol. The van der Waals surface area contributed by atoms with Gasteiger partial charge in [0.05, 0.1) is 32.4 Å². The third-order valence-electron chi connectivity index (χ3n) is 5.95. The lowest BCUT2D eigenvalue weighted by Gasteiger charge is -2.39. The number of nitrogens with one attached hydrogen (secondary N) is 2. The van der Waals surface area contributed by atoms with E-state index in [1.54, 1.807) is 21.1 Å². The number of carbonyl (C=O) groups excluding carboxylic acids is 1. The van der Waals surface area contributed by atoms with E-state index in [-0.39, 0.29) is 5.91 Å². The zero-order valence-corrected chi connectivity index (χ0v) is 21.6. The molecule has 1 amide bonds. The first-order valence-electron chi connectivity index (χ1n) is 11.3. The van der Waals surface area contributed by atoms with Gasteiger partial charge in [0.15, 0.2) is 0 Å². The molecule has 1 saturated heterocycles. The van der Waals surface area contributed by atoms with Crippen molar-refractivity contribution >= 4 is 24.4 Å². The van der Waals surface area contributed by atoms with Crippen LogP contribution in [-0.4, -0.2) is 43.4 Å². The van der Waals surface area contributed by atoms with E-state index in [1.807, 2.05) is 78.9 Å². The SMILES string of the molecule is COc1ccc(C(N[C@@H](C)C(=O)N[P]2(O)OCCS2)(c2ccccc2)c2ccc(OC)cc2)cc1. The fourth-order valence-electron chi connectivity index (χ4n) is 4.17. The van der Waals surface area contributed by atoms with E-state index in [9.17, 15) is 9.69 Å². The van der Waals surface area contributed by atoms with Crippen molar-refractivity contribution in [3.05, 3.63) is 95.6 Å². The molecule has 0 saturated carbocycles. The summed E-state index contributed by atoms with van der Waals surface area (Å²) in [5, 5.41) is 6.33. The number of methoxy groups -OCH3 is 2. The zero-order valence-electron chi connectivity index (χ0n) is 19.9. The van der Waals surface area contributed by atoms with Crippen molar-refractivity contribution in [2.75, 3.05) is 26.6 Å². The maximum absolute atomic E-state index is 13.2. The Hall–Kier alpha value is -2.61. The lowest BCUT2D eigenvalue weighted by atomic mass is 9.76. The second kappa shape index (κ2) is 11.0. The molecule has 4 rings (SSSR count). The smallest absolute Gasteiger partial charge is 0.255 e. The first-order chi connectivity index (χ1) is 16.9. The minimum atomic E-state index is -2.99. The van der Waals surface area contributed by atoms with Crippen molar-refractivity contribution < 1.29 is 23.7 Å². The molecule has 3 aromatic carbocycles. The summed E-state index contributed by atoms with van der Waals surface area (Å²) in [6.07, 6.45) is 0. The maximum Gasteiger partial charge on any atom is 0.255 e. The van der Waals surface area contributed by atoms with Crippen LogP contribution in [0.25, 0.3) is 0 Å². The van der Waals surface area contributed by atoms with Gasteiger partial charge in [-0.1, -0.05) is 66.0 Å². The lowest BCUT2D eigenvalue weighted by molar-refractivity contribution is -0.121. The van der Waals surface area contributed by atoms with Crippen LogP contribution in [0.4, 0.5) is 0 Å². The summed E-state index contributed by atoms with van der Waals surface area (Å²) < 4.78 is 16.2. The molecule has 0 aromatic heterocycles. The quantitative estimate of drug-likeness (QED) is 0.286. The van der Waals surface area contributed by atoms with Crippen LogP contribution >= 0.6 is 18.5 Å². The largest absolute Gasteiger partial charge is 0.497 e. The number of hydrogen-bond donors (Lipinski definition) is 3. The van der Waals surface area contributed by atoms with E-state index >= 15 is 0 Å². The van der Waals surface area contributed by atoms with Gasteiger partial charge in [-0.05, 0) is 47.9 Å². The van der Waals surface area contributed by atoms with Crippen LogP contribution in [0.1, 0.15) is 23.6 Å². The average molecular weight is 514 g/mol. The summed E-state index contributed by atoms with van der Waals surface area (Å²) in [7, 11) is 0.270. The third kappa shape index (κ3) is 5.47. The number of benzene rings is 3. The summed E-state index contributed by atoms with van der Waals surface area (Å²) >= 11 is 1.26. The van der Waals surface area contributed by atoms with E-state index in [0.717, 1.165) is 28.2 Å². The first-order valence-corrected chi connectivity index (χ1v) is 14.5. The molecule has 1 aliphatic heterocycles. The molecule has 0 bridgehead atoms. The molecule has 3 N–H and O–H groups in total. The van der Waals surface area contributed by atoms with Crippen LogP contribution in [-0.2, 0) is 14.9 Å². The highest BCUT2D eigenvalue weighted by Crippen LogP contribution is 2.67. The summed E-state index contributed by atoms with van der Waals surface area (Å²) in [6, 6.07) is 24.9. The Balaban J connectivity index is 1.82. The van der Waals surface area contributed by atoms with Crippen molar-refractivity contribution in [2.45, 2.75) is 18.5 Å². The Morgan fingerprint density at radius 3 is 1.91 bits per heavy atom. The minimum Gasteiger partial charge on any atom is -0.497 e. The van der Waals surface area contributed by atoms with E-state index in [4.69, 9.17) is 14.0 Å². The predicted molar refractivity (Wildman–Crippen MR) is 141 cm³/mol. The minimum absolute atomic E-state index is 0.336. The van der Waals surface area contributed by atoms with Gasteiger partial charge < -0.3 is 18.9 Å². The fraction of sp³-hybridized carbons (Fsp3) is 0.269. The molecule has 7 nitrogen and oxygen atoms in total. The summed E-state index contributed by atoms with van der Waals surface area (Å²) in [5.74, 6) is 1.78. The summed E-state index contributed by atoms with van der Waals surface area (Å²) in [5.41, 5.74) is 1.92. The van der Waals surface area contributed by atoms with Crippen molar-refractivity contribution in [3.8, 4) is 11.5 Å². The normalized spacial score (nSPS) is 18.6. The van der Waals surface area contributed by atoms with Crippen LogP contribution in [0.5, 0.6) is 11.5 Å². The average Bonchev–Trinajstić information content (AvgIpc) is 3.33. The number of amides is 1. The second-order valence-electron chi connectivity index (χ2n) is 8.10. The van der Waals surface area contributed by atoms with Crippen LogP contribution in [0.15, 0.2) is 78.9 Å². The molecule has 1 aliphatic rings. The van der Waals surface area contributed by atoms with Gasteiger partial charge in [0, 0.05) is 5.75 Å². The molecule has 35 heavy (non-hydrogen) atoms. The zero-order chi connectivity index (χ0) is 24.9. The standard InChI is InChI=1S/C26H30N2O5PS/c1-19(25(29)28-34(30)33-17-18-35-34)27-26(20-7-5-4-6-8-20,21-9-13-23(31-2)14-10-21)22-11-15-24(32-3)16-12-22/h4-16,19,27,30H,17-18H2,1-3H3,(H,28,29)/t19-/m0/s1. The molecule has 2 atom stereocenters. The van der Waals surface area contributed by atoms with Crippen molar-refractivity contribution in [2.24, 2.45) is 0 Å². The van der Waals surface area contributed by atoms with Crippen LogP contribution < -0.4 is 19.9 Å². The van der Waals surface area contributed by atoms with Crippen LogP contribution in [0.2, 0.25) is 0 Å². The van der Waals surface area contributed by atoms with Crippen molar-refractivity contribution in [3.63, 3.8) is 0 Å². The molecular weight excluding hydrogens is 483 g/mol. The van der Waals surface area contributed by atoms with Crippen molar-refractivity contribution in [1.29, 1.82) is 0 Å². The lowest BCUT2D eigenvalue weighted by Crippen LogP contribution is -2.53. The highest BCUT2D eigenvalue weighted by Gasteiger charge is 2.41. The molecule has 3 aromatic rings. The molecule has 0 spiro atoms. The van der Waals surface area contributed by atoms with Gasteiger partial charge in [-0.25, -0.2) is 0 Å². The Labute approximate surface area is 210 Å².